The molecule has 0 spiro atoms. The fourth-order valence-electron chi connectivity index (χ4n) is 2.45. The van der Waals surface area contributed by atoms with E-state index in [2.05, 4.69) is 40.2 Å². The second-order valence-electron chi connectivity index (χ2n) is 5.47. The lowest BCUT2D eigenvalue weighted by Crippen LogP contribution is -2.18. The van der Waals surface area contributed by atoms with Gasteiger partial charge in [-0.05, 0) is 31.4 Å². The lowest BCUT2D eigenvalue weighted by Gasteiger charge is -2.10. The van der Waals surface area contributed by atoms with E-state index in [9.17, 15) is 0 Å². The van der Waals surface area contributed by atoms with Gasteiger partial charge in [-0.25, -0.2) is 0 Å². The lowest BCUT2D eigenvalue weighted by atomic mass is 10.3. The molecule has 0 aliphatic heterocycles. The molecule has 1 fully saturated rings. The molecule has 0 amide bonds. The molecule has 1 aliphatic rings. The van der Waals surface area contributed by atoms with Gasteiger partial charge in [-0.1, -0.05) is 18.5 Å². The normalized spacial score (nSPS) is 14.9. The van der Waals surface area contributed by atoms with Crippen LogP contribution in [-0.4, -0.2) is 20.4 Å². The Kier molecular flexibility index (Phi) is 3.85. The number of aromatic nitrogens is 3. The third-order valence-electron chi connectivity index (χ3n) is 3.90. The molecule has 2 aromatic heterocycles. The molecule has 0 saturated heterocycles. The molecule has 0 radical (unpaired) electrons. The minimum absolute atomic E-state index is 0.727. The summed E-state index contributed by atoms with van der Waals surface area (Å²) in [6, 6.07) is 4.99. The van der Waals surface area contributed by atoms with Gasteiger partial charge in [0.25, 0.3) is 0 Å². The summed E-state index contributed by atoms with van der Waals surface area (Å²) in [5.74, 6) is 0. The fraction of sp³-hybridized carbons (Fsp3) is 0.533. The van der Waals surface area contributed by atoms with Crippen molar-refractivity contribution in [3.63, 3.8) is 0 Å². The van der Waals surface area contributed by atoms with E-state index in [-0.39, 0.29) is 0 Å². The van der Waals surface area contributed by atoms with Gasteiger partial charge < -0.3 is 9.88 Å². The summed E-state index contributed by atoms with van der Waals surface area (Å²) in [7, 11) is 1.96. The summed E-state index contributed by atoms with van der Waals surface area (Å²) < 4.78 is 4.15. The number of rotatable bonds is 6. The molecule has 2 heterocycles. The van der Waals surface area contributed by atoms with E-state index in [1.807, 2.05) is 11.7 Å². The molecule has 0 aromatic carbocycles. The first-order valence-electron chi connectivity index (χ1n) is 7.26. The number of hydrogen-bond acceptors (Lipinski definition) is 2. The molecule has 1 N–H and O–H groups in total. The number of nitrogens with zero attached hydrogens (tertiary/aromatic N) is 3. The molecule has 4 nitrogen and oxygen atoms in total. The van der Waals surface area contributed by atoms with Crippen molar-refractivity contribution >= 4 is 11.6 Å². The Labute approximate surface area is 124 Å². The Balaban J connectivity index is 1.77. The summed E-state index contributed by atoms with van der Waals surface area (Å²) in [4.78, 5) is 0. The third-order valence-corrected chi connectivity index (χ3v) is 4.33. The number of hydrogen-bond donors (Lipinski definition) is 1. The zero-order valence-electron chi connectivity index (χ0n) is 12.1. The summed E-state index contributed by atoms with van der Waals surface area (Å²) in [6.45, 7) is 3.78. The molecular formula is C15H21ClN4. The van der Waals surface area contributed by atoms with Gasteiger partial charge in [0.15, 0.2) is 0 Å². The smallest absolute Gasteiger partial charge is 0.0868 e. The topological polar surface area (TPSA) is 34.8 Å². The van der Waals surface area contributed by atoms with Gasteiger partial charge in [-0.3, -0.25) is 4.68 Å². The van der Waals surface area contributed by atoms with Crippen LogP contribution in [0.2, 0.25) is 5.02 Å². The van der Waals surface area contributed by atoms with E-state index < -0.39 is 0 Å². The van der Waals surface area contributed by atoms with E-state index in [0.29, 0.717) is 0 Å². The highest BCUT2D eigenvalue weighted by Gasteiger charge is 2.20. The van der Waals surface area contributed by atoms with Crippen LogP contribution in [0.15, 0.2) is 18.3 Å². The molecule has 108 valence electrons. The maximum atomic E-state index is 6.42. The van der Waals surface area contributed by atoms with Crippen LogP contribution in [0.25, 0.3) is 0 Å². The Morgan fingerprint density at radius 1 is 1.45 bits per heavy atom. The van der Waals surface area contributed by atoms with E-state index >= 15 is 0 Å². The molecule has 0 atom stereocenters. The summed E-state index contributed by atoms with van der Waals surface area (Å²) >= 11 is 6.42. The van der Waals surface area contributed by atoms with Crippen molar-refractivity contribution in [2.75, 3.05) is 0 Å². The highest BCUT2D eigenvalue weighted by Crippen LogP contribution is 2.23. The molecule has 2 aromatic rings. The van der Waals surface area contributed by atoms with Gasteiger partial charge in [0.2, 0.25) is 0 Å². The van der Waals surface area contributed by atoms with Crippen LogP contribution in [0.5, 0.6) is 0 Å². The van der Waals surface area contributed by atoms with Crippen molar-refractivity contribution in [1.82, 2.24) is 19.7 Å². The third kappa shape index (κ3) is 2.76. The van der Waals surface area contributed by atoms with Crippen LogP contribution < -0.4 is 5.32 Å². The van der Waals surface area contributed by atoms with Crippen LogP contribution in [-0.2, 0) is 26.6 Å². The zero-order valence-corrected chi connectivity index (χ0v) is 12.8. The van der Waals surface area contributed by atoms with Gasteiger partial charge in [0, 0.05) is 31.5 Å². The van der Waals surface area contributed by atoms with Crippen molar-refractivity contribution in [2.24, 2.45) is 7.05 Å². The quantitative estimate of drug-likeness (QED) is 0.888. The Morgan fingerprint density at radius 3 is 2.90 bits per heavy atom. The number of nitrogens with one attached hydrogen (secondary N) is 1. The summed E-state index contributed by atoms with van der Waals surface area (Å²) in [5, 5.41) is 8.84. The lowest BCUT2D eigenvalue weighted by molar-refractivity contribution is 0.610. The standard InChI is InChI=1S/C15H21ClN4/c1-3-13-15(16)14(19(2)18-13)10-20-8-4-5-12(20)9-17-11-6-7-11/h4-5,8,11,17H,3,6-7,9-10H2,1-2H3. The molecule has 20 heavy (non-hydrogen) atoms. The molecule has 1 aliphatic carbocycles. The molecule has 3 rings (SSSR count). The first-order valence-corrected chi connectivity index (χ1v) is 7.64. The number of halogens is 1. The van der Waals surface area contributed by atoms with Crippen molar-refractivity contribution in [3.8, 4) is 0 Å². The predicted octanol–water partition coefficient (Wildman–Crippen LogP) is 2.74. The summed E-state index contributed by atoms with van der Waals surface area (Å²) in [6.07, 6.45) is 5.61. The van der Waals surface area contributed by atoms with Gasteiger partial charge in [-0.2, -0.15) is 5.10 Å². The summed E-state index contributed by atoms with van der Waals surface area (Å²) in [5.41, 5.74) is 3.36. The van der Waals surface area contributed by atoms with E-state index in [1.165, 1.54) is 18.5 Å². The molecule has 5 heteroatoms. The fourth-order valence-corrected chi connectivity index (χ4v) is 2.81. The van der Waals surface area contributed by atoms with Crippen LogP contribution in [0.1, 0.15) is 36.8 Å². The number of aryl methyl sites for hydroxylation is 2. The first kappa shape index (κ1) is 13.7. The van der Waals surface area contributed by atoms with Gasteiger partial charge in [0.1, 0.15) is 0 Å². The van der Waals surface area contributed by atoms with E-state index in [0.717, 1.165) is 42.0 Å². The molecular weight excluding hydrogens is 272 g/mol. The van der Waals surface area contributed by atoms with E-state index in [4.69, 9.17) is 11.6 Å². The minimum atomic E-state index is 0.727. The van der Waals surface area contributed by atoms with Crippen LogP contribution in [0, 0.1) is 0 Å². The first-order chi connectivity index (χ1) is 9.69. The maximum Gasteiger partial charge on any atom is 0.0868 e. The highest BCUT2D eigenvalue weighted by atomic mass is 35.5. The SMILES string of the molecule is CCc1nn(C)c(Cn2cccc2CNC2CC2)c1Cl. The minimum Gasteiger partial charge on any atom is -0.344 e. The van der Waals surface area contributed by atoms with Gasteiger partial charge >= 0.3 is 0 Å². The average molecular weight is 293 g/mol. The molecule has 1 saturated carbocycles. The van der Waals surface area contributed by atoms with Crippen molar-refractivity contribution in [3.05, 3.63) is 40.4 Å². The predicted molar refractivity (Wildman–Crippen MR) is 81.0 cm³/mol. The second kappa shape index (κ2) is 5.62. The Bertz CT molecular complexity index is 595. The van der Waals surface area contributed by atoms with Crippen LogP contribution in [0.3, 0.4) is 0 Å². The van der Waals surface area contributed by atoms with Gasteiger partial charge in [-0.15, -0.1) is 0 Å². The van der Waals surface area contributed by atoms with Crippen molar-refractivity contribution < 1.29 is 0 Å². The monoisotopic (exact) mass is 292 g/mol. The van der Waals surface area contributed by atoms with E-state index in [1.54, 1.807) is 0 Å². The maximum absolute atomic E-state index is 6.42. The van der Waals surface area contributed by atoms with Crippen LogP contribution >= 0.6 is 11.6 Å². The second-order valence-corrected chi connectivity index (χ2v) is 5.85. The Hall–Kier alpha value is -1.26. The molecule has 0 bridgehead atoms. The average Bonchev–Trinajstić information content (AvgIpc) is 3.11. The highest BCUT2D eigenvalue weighted by molar-refractivity contribution is 6.31. The largest absolute Gasteiger partial charge is 0.344 e. The Morgan fingerprint density at radius 2 is 2.25 bits per heavy atom. The zero-order chi connectivity index (χ0) is 14.1. The molecule has 0 unspecified atom stereocenters. The van der Waals surface area contributed by atoms with Gasteiger partial charge in [0.05, 0.1) is 23.0 Å². The van der Waals surface area contributed by atoms with Crippen molar-refractivity contribution in [1.29, 1.82) is 0 Å². The van der Waals surface area contributed by atoms with Crippen LogP contribution in [0.4, 0.5) is 0 Å². The van der Waals surface area contributed by atoms with Crippen molar-refractivity contribution in [2.45, 2.75) is 45.3 Å².